The van der Waals surface area contributed by atoms with E-state index in [1.54, 1.807) is 11.7 Å². The fourth-order valence-electron chi connectivity index (χ4n) is 4.09. The molecule has 1 heterocycles. The number of unbranched alkanes of at least 4 members (excludes halogenated alkanes) is 2. The molecule has 0 fully saturated rings. The smallest absolute Gasteiger partial charge is 0.261 e. The van der Waals surface area contributed by atoms with Crippen LogP contribution >= 0.6 is 0 Å². The Morgan fingerprint density at radius 1 is 0.848 bits per heavy atom. The molecule has 0 aliphatic heterocycles. The molecule has 0 unspecified atom stereocenters. The topological polar surface area (TPSA) is 53.3 Å². The second kappa shape index (κ2) is 10.3. The minimum Gasteiger partial charge on any atom is -0.497 e. The Bertz CT molecular complexity index is 1270. The second-order valence-corrected chi connectivity index (χ2v) is 8.37. The number of methoxy groups -OCH3 is 1. The maximum Gasteiger partial charge on any atom is 0.261 e. The van der Waals surface area contributed by atoms with Crippen LogP contribution in [0.4, 0.5) is 0 Å². The van der Waals surface area contributed by atoms with E-state index >= 15 is 0 Å². The van der Waals surface area contributed by atoms with E-state index in [2.05, 4.69) is 32.0 Å². The molecule has 0 aliphatic carbocycles. The maximum atomic E-state index is 13.3. The van der Waals surface area contributed by atoms with Crippen molar-refractivity contribution in [1.82, 2.24) is 9.55 Å². The summed E-state index contributed by atoms with van der Waals surface area (Å²) in [5.41, 5.74) is 4.03. The molecule has 4 aromatic rings. The van der Waals surface area contributed by atoms with Crippen LogP contribution in [0, 0.1) is 13.8 Å². The van der Waals surface area contributed by atoms with Gasteiger partial charge in [0, 0.05) is 12.1 Å². The van der Waals surface area contributed by atoms with E-state index < -0.39 is 0 Å². The normalized spacial score (nSPS) is 11.0. The number of hydrogen-bond donors (Lipinski definition) is 0. The lowest BCUT2D eigenvalue weighted by Crippen LogP contribution is -2.23. The van der Waals surface area contributed by atoms with Crippen molar-refractivity contribution in [2.24, 2.45) is 0 Å². The van der Waals surface area contributed by atoms with Crippen LogP contribution in [0.5, 0.6) is 11.5 Å². The average molecular weight is 443 g/mol. The van der Waals surface area contributed by atoms with Gasteiger partial charge in [-0.3, -0.25) is 9.36 Å². The molecule has 0 radical (unpaired) electrons. The summed E-state index contributed by atoms with van der Waals surface area (Å²) in [6.45, 7) is 5.44. The first-order valence-electron chi connectivity index (χ1n) is 11.4. The van der Waals surface area contributed by atoms with Crippen molar-refractivity contribution in [1.29, 1.82) is 0 Å². The number of fused-ring (bicyclic) bond motifs is 1. The van der Waals surface area contributed by atoms with Gasteiger partial charge in [0.25, 0.3) is 5.56 Å². The summed E-state index contributed by atoms with van der Waals surface area (Å²) in [6, 6.07) is 21.5. The Morgan fingerprint density at radius 3 is 2.30 bits per heavy atom. The molecule has 0 amide bonds. The van der Waals surface area contributed by atoms with Crippen LogP contribution in [0.2, 0.25) is 0 Å². The standard InChI is InChI=1S/C28H30N2O3/c1-20-17-21(2)19-24(18-20)33-16-8-4-7-15-30-27(22-11-13-23(32-3)14-12-22)29-26-10-6-5-9-25(26)28(30)31/h5-6,9-14,17-19H,4,7-8,15-16H2,1-3H3. The Hall–Kier alpha value is -3.60. The minimum atomic E-state index is -0.00194. The zero-order valence-corrected chi connectivity index (χ0v) is 19.5. The summed E-state index contributed by atoms with van der Waals surface area (Å²) in [5, 5.41) is 0.646. The van der Waals surface area contributed by atoms with Crippen LogP contribution in [-0.4, -0.2) is 23.3 Å². The van der Waals surface area contributed by atoms with Gasteiger partial charge in [0.2, 0.25) is 0 Å². The second-order valence-electron chi connectivity index (χ2n) is 8.37. The molecule has 5 heteroatoms. The predicted molar refractivity (Wildman–Crippen MR) is 133 cm³/mol. The van der Waals surface area contributed by atoms with Gasteiger partial charge in [0.1, 0.15) is 17.3 Å². The van der Waals surface area contributed by atoms with Gasteiger partial charge in [-0.05, 0) is 92.8 Å². The predicted octanol–water partition coefficient (Wildman–Crippen LogP) is 5.94. The molecule has 0 N–H and O–H groups in total. The third kappa shape index (κ3) is 5.43. The average Bonchev–Trinajstić information content (AvgIpc) is 2.82. The fourth-order valence-corrected chi connectivity index (χ4v) is 4.09. The Labute approximate surface area is 194 Å². The van der Waals surface area contributed by atoms with Crippen molar-refractivity contribution in [2.75, 3.05) is 13.7 Å². The third-order valence-corrected chi connectivity index (χ3v) is 5.70. The summed E-state index contributed by atoms with van der Waals surface area (Å²) < 4.78 is 13.0. The molecule has 0 atom stereocenters. The first-order chi connectivity index (χ1) is 16.0. The lowest BCUT2D eigenvalue weighted by Gasteiger charge is -2.14. The van der Waals surface area contributed by atoms with Crippen LogP contribution in [0.1, 0.15) is 30.4 Å². The van der Waals surface area contributed by atoms with Gasteiger partial charge < -0.3 is 9.47 Å². The van der Waals surface area contributed by atoms with Crippen molar-refractivity contribution in [3.8, 4) is 22.9 Å². The molecule has 5 nitrogen and oxygen atoms in total. The van der Waals surface area contributed by atoms with Gasteiger partial charge in [0.05, 0.1) is 24.6 Å². The van der Waals surface area contributed by atoms with Crippen molar-refractivity contribution in [2.45, 2.75) is 39.7 Å². The molecular formula is C28H30N2O3. The molecule has 33 heavy (non-hydrogen) atoms. The molecule has 4 rings (SSSR count). The number of hydrogen-bond acceptors (Lipinski definition) is 4. The summed E-state index contributed by atoms with van der Waals surface area (Å²) in [7, 11) is 1.64. The molecule has 0 bridgehead atoms. The highest BCUT2D eigenvalue weighted by Crippen LogP contribution is 2.22. The minimum absolute atomic E-state index is 0.00194. The lowest BCUT2D eigenvalue weighted by atomic mass is 10.1. The van der Waals surface area contributed by atoms with Gasteiger partial charge in [-0.25, -0.2) is 4.98 Å². The highest BCUT2D eigenvalue weighted by molar-refractivity contribution is 5.79. The zero-order chi connectivity index (χ0) is 23.2. The number of ether oxygens (including phenoxy) is 2. The Kier molecular flexibility index (Phi) is 7.08. The first kappa shape index (κ1) is 22.6. The molecular weight excluding hydrogens is 412 g/mol. The third-order valence-electron chi connectivity index (χ3n) is 5.70. The van der Waals surface area contributed by atoms with E-state index in [0.29, 0.717) is 29.9 Å². The van der Waals surface area contributed by atoms with E-state index in [-0.39, 0.29) is 5.56 Å². The van der Waals surface area contributed by atoms with Gasteiger partial charge in [-0.15, -0.1) is 0 Å². The summed E-state index contributed by atoms with van der Waals surface area (Å²) >= 11 is 0. The monoisotopic (exact) mass is 442 g/mol. The molecule has 0 spiro atoms. The fraction of sp³-hybridized carbons (Fsp3) is 0.286. The van der Waals surface area contributed by atoms with Crippen molar-refractivity contribution < 1.29 is 9.47 Å². The van der Waals surface area contributed by atoms with Crippen LogP contribution in [0.3, 0.4) is 0 Å². The number of para-hydroxylation sites is 1. The maximum absolute atomic E-state index is 13.3. The number of aryl methyl sites for hydroxylation is 2. The van der Waals surface area contributed by atoms with E-state index in [1.807, 2.05) is 48.5 Å². The van der Waals surface area contributed by atoms with Gasteiger partial charge in [-0.1, -0.05) is 18.2 Å². The largest absolute Gasteiger partial charge is 0.497 e. The van der Waals surface area contributed by atoms with Crippen LogP contribution in [-0.2, 0) is 6.54 Å². The lowest BCUT2D eigenvalue weighted by molar-refractivity contribution is 0.303. The SMILES string of the molecule is COc1ccc(-c2nc3ccccc3c(=O)n2CCCCCOc2cc(C)cc(C)c2)cc1. The zero-order valence-electron chi connectivity index (χ0n) is 19.5. The van der Waals surface area contributed by atoms with E-state index in [9.17, 15) is 4.79 Å². The van der Waals surface area contributed by atoms with E-state index in [0.717, 1.165) is 36.3 Å². The number of aromatic nitrogens is 2. The van der Waals surface area contributed by atoms with Crippen molar-refractivity contribution in [3.63, 3.8) is 0 Å². The molecule has 170 valence electrons. The van der Waals surface area contributed by atoms with E-state index in [4.69, 9.17) is 14.5 Å². The number of rotatable bonds is 9. The van der Waals surface area contributed by atoms with Crippen molar-refractivity contribution in [3.05, 3.63) is 88.2 Å². The Balaban J connectivity index is 1.46. The van der Waals surface area contributed by atoms with Gasteiger partial charge in [-0.2, -0.15) is 0 Å². The molecule has 1 aromatic heterocycles. The molecule has 3 aromatic carbocycles. The first-order valence-corrected chi connectivity index (χ1v) is 11.4. The molecule has 0 aliphatic rings. The summed E-state index contributed by atoms with van der Waals surface area (Å²) in [5.74, 6) is 2.38. The van der Waals surface area contributed by atoms with Gasteiger partial charge in [0.15, 0.2) is 0 Å². The highest BCUT2D eigenvalue weighted by Gasteiger charge is 2.13. The molecule has 0 saturated heterocycles. The van der Waals surface area contributed by atoms with Crippen molar-refractivity contribution >= 4 is 10.9 Å². The highest BCUT2D eigenvalue weighted by atomic mass is 16.5. The molecule has 0 saturated carbocycles. The summed E-state index contributed by atoms with van der Waals surface area (Å²) in [4.78, 5) is 18.1. The summed E-state index contributed by atoms with van der Waals surface area (Å²) in [6.07, 6.45) is 2.77. The Morgan fingerprint density at radius 2 is 1.58 bits per heavy atom. The van der Waals surface area contributed by atoms with Crippen LogP contribution < -0.4 is 15.0 Å². The van der Waals surface area contributed by atoms with Gasteiger partial charge >= 0.3 is 0 Å². The van der Waals surface area contributed by atoms with Crippen LogP contribution in [0.25, 0.3) is 22.3 Å². The number of benzene rings is 3. The van der Waals surface area contributed by atoms with E-state index in [1.165, 1.54) is 11.1 Å². The van der Waals surface area contributed by atoms with Crippen LogP contribution in [0.15, 0.2) is 71.5 Å². The number of nitrogens with zero attached hydrogens (tertiary/aromatic N) is 2. The quantitative estimate of drug-likeness (QED) is 0.301.